The van der Waals surface area contributed by atoms with Crippen molar-refractivity contribution in [3.8, 4) is 0 Å². The number of allylic oxidation sites excluding steroid dienone is 1. The van der Waals surface area contributed by atoms with E-state index in [1.165, 1.54) is 0 Å². The second-order valence-electron chi connectivity index (χ2n) is 0.465. The Bertz CT molecular complexity index is 50.8. The minimum absolute atomic E-state index is 0. The van der Waals surface area contributed by atoms with Crippen LogP contribution in [0.1, 0.15) is 0 Å². The molecule has 28 valence electrons. The molecule has 0 aliphatic heterocycles. The van der Waals surface area contributed by atoms with E-state index in [9.17, 15) is 0 Å². The summed E-state index contributed by atoms with van der Waals surface area (Å²) in [5.41, 5.74) is 0. The molecule has 0 unspecified atom stereocenters. The summed E-state index contributed by atoms with van der Waals surface area (Å²) in [6.45, 7) is 0. The van der Waals surface area contributed by atoms with Gasteiger partial charge >= 0.3 is 51.4 Å². The van der Waals surface area contributed by atoms with Crippen LogP contribution >= 0.6 is 0 Å². The zero-order valence-corrected chi connectivity index (χ0v) is 6.67. The Kier molecular flexibility index (Phi) is 15.4. The van der Waals surface area contributed by atoms with Gasteiger partial charge in [-0.2, -0.15) is 0 Å². The zero-order chi connectivity index (χ0) is 4.12. The molecule has 0 aliphatic carbocycles. The molecule has 0 radical (unpaired) electrons. The zero-order valence-electron chi connectivity index (χ0n) is 3.55. The second kappa shape index (κ2) is 9.28. The van der Waals surface area contributed by atoms with Gasteiger partial charge in [-0.3, -0.25) is 4.79 Å². The standard InChI is InChI=1S/C3H4O2.K/c4-2-1-3-5;/h1-4H;/q;+1/p-1. The summed E-state index contributed by atoms with van der Waals surface area (Å²) >= 11 is 0. The quantitative estimate of drug-likeness (QED) is 0.150. The molecule has 6 heavy (non-hydrogen) atoms. The summed E-state index contributed by atoms with van der Waals surface area (Å²) < 4.78 is 0. The molecule has 0 amide bonds. The summed E-state index contributed by atoms with van der Waals surface area (Å²) in [5, 5.41) is 9.12. The Morgan fingerprint density at radius 3 is 2.00 bits per heavy atom. The van der Waals surface area contributed by atoms with Crippen molar-refractivity contribution in [2.24, 2.45) is 0 Å². The van der Waals surface area contributed by atoms with Crippen LogP contribution in [0.3, 0.4) is 0 Å². The molecule has 0 saturated carbocycles. The molecule has 0 aromatic heterocycles. The number of hydrogen-bond acceptors (Lipinski definition) is 2. The third-order valence-corrected chi connectivity index (χ3v) is 0.157. The van der Waals surface area contributed by atoms with Crippen molar-refractivity contribution in [2.75, 3.05) is 0 Å². The van der Waals surface area contributed by atoms with E-state index in [2.05, 4.69) is 0 Å². The average Bonchev–Trinajstić information content (AvgIpc) is 1.41. The van der Waals surface area contributed by atoms with Crippen molar-refractivity contribution in [1.29, 1.82) is 0 Å². The van der Waals surface area contributed by atoms with E-state index in [4.69, 9.17) is 9.90 Å². The molecule has 0 heterocycles. The summed E-state index contributed by atoms with van der Waals surface area (Å²) in [7, 11) is 0. The van der Waals surface area contributed by atoms with Gasteiger partial charge in [0.25, 0.3) is 0 Å². The molecule has 0 aliphatic rings. The number of aldehydes is 1. The van der Waals surface area contributed by atoms with Gasteiger partial charge < -0.3 is 5.11 Å². The van der Waals surface area contributed by atoms with Gasteiger partial charge in [0.05, 0.1) is 0 Å². The predicted octanol–water partition coefficient (Wildman–Crippen LogP) is -3.94. The van der Waals surface area contributed by atoms with E-state index in [0.29, 0.717) is 12.5 Å². The average molecular weight is 110 g/mol. The molecule has 0 fully saturated rings. The van der Waals surface area contributed by atoms with Crippen molar-refractivity contribution < 1.29 is 61.3 Å². The van der Waals surface area contributed by atoms with Crippen molar-refractivity contribution in [3.63, 3.8) is 0 Å². The van der Waals surface area contributed by atoms with Crippen LogP contribution in [-0.4, -0.2) is 6.29 Å². The van der Waals surface area contributed by atoms with Crippen molar-refractivity contribution in [2.45, 2.75) is 0 Å². The van der Waals surface area contributed by atoms with Crippen LogP contribution in [0.15, 0.2) is 12.3 Å². The van der Waals surface area contributed by atoms with Gasteiger partial charge in [0.15, 0.2) is 0 Å². The van der Waals surface area contributed by atoms with Gasteiger partial charge in [-0.1, -0.05) is 0 Å². The van der Waals surface area contributed by atoms with Gasteiger partial charge in [0, 0.05) is 0 Å². The Morgan fingerprint density at radius 2 is 2.00 bits per heavy atom. The van der Waals surface area contributed by atoms with Gasteiger partial charge in [-0.25, -0.2) is 0 Å². The third-order valence-electron chi connectivity index (χ3n) is 0.157. The van der Waals surface area contributed by atoms with Crippen LogP contribution in [0.25, 0.3) is 0 Å². The molecule has 2 nitrogen and oxygen atoms in total. The number of carbonyl (C=O) groups excluding carboxylic acids is 1. The number of carbonyl (C=O) groups is 1. The van der Waals surface area contributed by atoms with Crippen LogP contribution in [0.2, 0.25) is 0 Å². The minimum atomic E-state index is 0. The van der Waals surface area contributed by atoms with Gasteiger partial charge in [0.1, 0.15) is 6.29 Å². The fraction of sp³-hybridized carbons (Fsp3) is 0. The summed E-state index contributed by atoms with van der Waals surface area (Å²) in [4.78, 5) is 9.12. The molecule has 0 atom stereocenters. The fourth-order valence-electron chi connectivity index (χ4n) is 0.0321. The molecule has 0 rings (SSSR count). The number of hydrogen-bond donors (Lipinski definition) is 0. The SMILES string of the molecule is O=CC=C[O-].[K+]. The normalized spacial score (nSPS) is 7.33. The molecule has 0 bridgehead atoms. The van der Waals surface area contributed by atoms with E-state index < -0.39 is 0 Å². The first-order chi connectivity index (χ1) is 2.41. The molecule has 0 spiro atoms. The minimum Gasteiger partial charge on any atom is -0.878 e. The van der Waals surface area contributed by atoms with E-state index in [0.717, 1.165) is 6.08 Å². The molecular formula is C3H3KO2. The van der Waals surface area contributed by atoms with Crippen LogP contribution in [0, 0.1) is 0 Å². The first-order valence-electron chi connectivity index (χ1n) is 1.14. The topological polar surface area (TPSA) is 40.1 Å². The summed E-state index contributed by atoms with van der Waals surface area (Å²) in [6, 6.07) is 0. The molecule has 0 aromatic rings. The Balaban J connectivity index is 0. The molecular weight excluding hydrogens is 107 g/mol. The summed E-state index contributed by atoms with van der Waals surface area (Å²) in [6.07, 6.45) is 1.76. The van der Waals surface area contributed by atoms with E-state index >= 15 is 0 Å². The maximum Gasteiger partial charge on any atom is 1.00 e. The Labute approximate surface area is 78.7 Å². The van der Waals surface area contributed by atoms with Gasteiger partial charge in [-0.15, -0.1) is 6.26 Å². The third kappa shape index (κ3) is 8.85. The van der Waals surface area contributed by atoms with Gasteiger partial charge in [0.2, 0.25) is 0 Å². The first kappa shape index (κ1) is 9.96. The number of rotatable bonds is 1. The molecule has 0 saturated heterocycles. The van der Waals surface area contributed by atoms with Crippen LogP contribution < -0.4 is 56.5 Å². The van der Waals surface area contributed by atoms with Gasteiger partial charge in [-0.05, 0) is 6.08 Å². The molecule has 0 N–H and O–H groups in total. The van der Waals surface area contributed by atoms with Crippen molar-refractivity contribution in [1.82, 2.24) is 0 Å². The van der Waals surface area contributed by atoms with Crippen molar-refractivity contribution >= 4 is 6.29 Å². The maximum absolute atomic E-state index is 9.12. The van der Waals surface area contributed by atoms with Crippen LogP contribution in [-0.2, 0) is 4.79 Å². The Hall–Kier alpha value is 0.846. The van der Waals surface area contributed by atoms with Crippen LogP contribution in [0.4, 0.5) is 0 Å². The largest absolute Gasteiger partial charge is 1.00 e. The van der Waals surface area contributed by atoms with E-state index in [1.807, 2.05) is 0 Å². The van der Waals surface area contributed by atoms with E-state index in [-0.39, 0.29) is 51.4 Å². The fourth-order valence-corrected chi connectivity index (χ4v) is 0.0321. The smallest absolute Gasteiger partial charge is 0.878 e. The molecule has 0 aromatic carbocycles. The maximum atomic E-state index is 9.12. The summed E-state index contributed by atoms with van der Waals surface area (Å²) in [5.74, 6) is 0. The Morgan fingerprint density at radius 1 is 1.50 bits per heavy atom. The molecule has 3 heteroatoms. The second-order valence-corrected chi connectivity index (χ2v) is 0.465. The monoisotopic (exact) mass is 110 g/mol. The van der Waals surface area contributed by atoms with Crippen LogP contribution in [0.5, 0.6) is 0 Å². The van der Waals surface area contributed by atoms with Crippen molar-refractivity contribution in [3.05, 3.63) is 12.3 Å². The predicted molar refractivity (Wildman–Crippen MR) is 15.2 cm³/mol. The van der Waals surface area contributed by atoms with E-state index in [1.54, 1.807) is 0 Å². The first-order valence-corrected chi connectivity index (χ1v) is 1.14.